The molecule has 2 heteroatoms. The van der Waals surface area contributed by atoms with E-state index in [0.717, 1.165) is 5.56 Å². The van der Waals surface area contributed by atoms with Crippen LogP contribution in [0.4, 0.5) is 0 Å². The molecule has 0 aliphatic carbocycles. The monoisotopic (exact) mass is 266 g/mol. The first-order valence-corrected chi connectivity index (χ1v) is 7.00. The Hall–Kier alpha value is -2.06. The number of phenolic OH excluding ortho intramolecular Hbond substituents is 1. The highest BCUT2D eigenvalue weighted by Gasteiger charge is 2.04. The molecule has 0 spiro atoms. The summed E-state index contributed by atoms with van der Waals surface area (Å²) >= 11 is 1.77. The molecule has 0 fully saturated rings. The van der Waals surface area contributed by atoms with Crippen LogP contribution in [0.1, 0.15) is 5.56 Å². The molecule has 0 atom stereocenters. The van der Waals surface area contributed by atoms with Gasteiger partial charge in [0, 0.05) is 9.75 Å². The smallest absolute Gasteiger partial charge is 0.115 e. The molecule has 0 amide bonds. The van der Waals surface area contributed by atoms with Crippen molar-refractivity contribution in [3.63, 3.8) is 0 Å². The van der Waals surface area contributed by atoms with Gasteiger partial charge in [0.05, 0.1) is 0 Å². The molecule has 0 aliphatic heterocycles. The van der Waals surface area contributed by atoms with Gasteiger partial charge in [-0.3, -0.25) is 0 Å². The van der Waals surface area contributed by atoms with Crippen molar-refractivity contribution < 1.29 is 5.11 Å². The first kappa shape index (κ1) is 12.0. The number of hydrogen-bond acceptors (Lipinski definition) is 2. The molecule has 0 unspecified atom stereocenters. The van der Waals surface area contributed by atoms with E-state index in [2.05, 4.69) is 43.3 Å². The van der Waals surface area contributed by atoms with E-state index >= 15 is 0 Å². The molecule has 1 aromatic heterocycles. The summed E-state index contributed by atoms with van der Waals surface area (Å²) in [6, 6.07) is 20.2. The lowest BCUT2D eigenvalue weighted by Gasteiger charge is -1.99. The number of hydrogen-bond donors (Lipinski definition) is 1. The average Bonchev–Trinajstić information content (AvgIpc) is 2.90. The van der Waals surface area contributed by atoms with Crippen LogP contribution in [-0.4, -0.2) is 5.11 Å². The van der Waals surface area contributed by atoms with Crippen molar-refractivity contribution >= 4 is 11.3 Å². The quantitative estimate of drug-likeness (QED) is 0.684. The van der Waals surface area contributed by atoms with Gasteiger partial charge in [0.2, 0.25) is 0 Å². The molecule has 3 aromatic rings. The van der Waals surface area contributed by atoms with Crippen molar-refractivity contribution in [3.8, 4) is 26.6 Å². The molecule has 0 bridgehead atoms. The first-order chi connectivity index (χ1) is 9.22. The van der Waals surface area contributed by atoms with Crippen LogP contribution in [0.15, 0.2) is 60.7 Å². The van der Waals surface area contributed by atoms with E-state index in [0.29, 0.717) is 5.75 Å². The van der Waals surface area contributed by atoms with Crippen LogP contribution in [0.25, 0.3) is 20.9 Å². The number of rotatable bonds is 2. The van der Waals surface area contributed by atoms with Gasteiger partial charge in [-0.1, -0.05) is 29.8 Å². The van der Waals surface area contributed by atoms with E-state index in [-0.39, 0.29) is 0 Å². The van der Waals surface area contributed by atoms with Crippen LogP contribution in [0.3, 0.4) is 0 Å². The topological polar surface area (TPSA) is 20.2 Å². The van der Waals surface area contributed by atoms with Crippen LogP contribution in [0, 0.1) is 6.92 Å². The Morgan fingerprint density at radius 1 is 0.684 bits per heavy atom. The number of benzene rings is 2. The maximum atomic E-state index is 9.32. The normalized spacial score (nSPS) is 10.6. The summed E-state index contributed by atoms with van der Waals surface area (Å²) in [4.78, 5) is 2.48. The minimum atomic E-state index is 0.305. The van der Waals surface area contributed by atoms with E-state index in [1.807, 2.05) is 12.1 Å². The molecule has 0 saturated heterocycles. The van der Waals surface area contributed by atoms with Crippen LogP contribution in [0.5, 0.6) is 5.75 Å². The van der Waals surface area contributed by atoms with Gasteiger partial charge < -0.3 is 5.11 Å². The lowest BCUT2D eigenvalue weighted by atomic mass is 10.1. The van der Waals surface area contributed by atoms with Crippen LogP contribution < -0.4 is 0 Å². The van der Waals surface area contributed by atoms with Gasteiger partial charge in [0.1, 0.15) is 5.75 Å². The maximum absolute atomic E-state index is 9.32. The molecular formula is C17H14OS. The predicted octanol–water partition coefficient (Wildman–Crippen LogP) is 5.10. The van der Waals surface area contributed by atoms with Crippen LogP contribution in [-0.2, 0) is 0 Å². The fourth-order valence-electron chi connectivity index (χ4n) is 1.99. The minimum Gasteiger partial charge on any atom is -0.508 e. The molecule has 0 aliphatic rings. The van der Waals surface area contributed by atoms with Gasteiger partial charge in [-0.05, 0) is 54.4 Å². The minimum absolute atomic E-state index is 0.305. The summed E-state index contributed by atoms with van der Waals surface area (Å²) in [5, 5.41) is 9.32. The van der Waals surface area contributed by atoms with E-state index in [1.165, 1.54) is 20.9 Å². The fraction of sp³-hybridized carbons (Fsp3) is 0.0588. The first-order valence-electron chi connectivity index (χ1n) is 6.19. The van der Waals surface area contributed by atoms with E-state index < -0.39 is 0 Å². The van der Waals surface area contributed by atoms with E-state index in [4.69, 9.17) is 0 Å². The molecule has 19 heavy (non-hydrogen) atoms. The summed E-state index contributed by atoms with van der Waals surface area (Å²) < 4.78 is 0. The highest BCUT2D eigenvalue weighted by Crippen LogP contribution is 2.34. The second-order valence-electron chi connectivity index (χ2n) is 4.58. The third-order valence-corrected chi connectivity index (χ3v) is 4.28. The Morgan fingerprint density at radius 2 is 1.16 bits per heavy atom. The van der Waals surface area contributed by atoms with Crippen molar-refractivity contribution in [1.29, 1.82) is 0 Å². The Morgan fingerprint density at radius 3 is 1.68 bits per heavy atom. The number of aromatic hydroxyl groups is 1. The molecule has 94 valence electrons. The molecule has 0 radical (unpaired) electrons. The van der Waals surface area contributed by atoms with Gasteiger partial charge in [-0.25, -0.2) is 0 Å². The second-order valence-corrected chi connectivity index (χ2v) is 5.66. The van der Waals surface area contributed by atoms with Crippen LogP contribution >= 0.6 is 11.3 Å². The predicted molar refractivity (Wildman–Crippen MR) is 81.6 cm³/mol. The van der Waals surface area contributed by atoms with Gasteiger partial charge in [0.15, 0.2) is 0 Å². The van der Waals surface area contributed by atoms with Crippen molar-refractivity contribution in [3.05, 3.63) is 66.2 Å². The van der Waals surface area contributed by atoms with E-state index in [1.54, 1.807) is 23.5 Å². The van der Waals surface area contributed by atoms with Gasteiger partial charge >= 0.3 is 0 Å². The van der Waals surface area contributed by atoms with Gasteiger partial charge in [0.25, 0.3) is 0 Å². The molecule has 0 saturated carbocycles. The lowest BCUT2D eigenvalue weighted by molar-refractivity contribution is 0.475. The number of thiophene rings is 1. The fourth-order valence-corrected chi connectivity index (χ4v) is 3.01. The average molecular weight is 266 g/mol. The Bertz CT molecular complexity index is 618. The Labute approximate surface area is 116 Å². The molecule has 3 rings (SSSR count). The zero-order chi connectivity index (χ0) is 13.2. The zero-order valence-electron chi connectivity index (χ0n) is 10.6. The molecule has 1 N–H and O–H groups in total. The third-order valence-electron chi connectivity index (χ3n) is 3.09. The SMILES string of the molecule is Cc1ccc(-c2ccc(-c3ccc(O)cc3)s2)cc1. The standard InChI is InChI=1S/C17H14OS/c1-12-2-4-13(5-3-12)16-10-11-17(19-16)14-6-8-15(18)9-7-14/h2-11,18H,1H3. The summed E-state index contributed by atoms with van der Waals surface area (Å²) in [6.07, 6.45) is 0. The van der Waals surface area contributed by atoms with Crippen molar-refractivity contribution in [1.82, 2.24) is 0 Å². The number of aryl methyl sites for hydroxylation is 1. The van der Waals surface area contributed by atoms with E-state index in [9.17, 15) is 5.11 Å². The second kappa shape index (κ2) is 4.90. The Balaban J connectivity index is 1.95. The largest absolute Gasteiger partial charge is 0.508 e. The highest BCUT2D eigenvalue weighted by molar-refractivity contribution is 7.18. The summed E-state index contributed by atoms with van der Waals surface area (Å²) in [6.45, 7) is 2.10. The van der Waals surface area contributed by atoms with Gasteiger partial charge in [-0.15, -0.1) is 11.3 Å². The third kappa shape index (κ3) is 2.54. The summed E-state index contributed by atoms with van der Waals surface area (Å²) in [7, 11) is 0. The lowest BCUT2D eigenvalue weighted by Crippen LogP contribution is -1.73. The zero-order valence-corrected chi connectivity index (χ0v) is 11.4. The summed E-state index contributed by atoms with van der Waals surface area (Å²) in [5.41, 5.74) is 3.67. The molecule has 2 aromatic carbocycles. The van der Waals surface area contributed by atoms with Crippen LogP contribution in [0.2, 0.25) is 0 Å². The highest BCUT2D eigenvalue weighted by atomic mass is 32.1. The summed E-state index contributed by atoms with van der Waals surface area (Å²) in [5.74, 6) is 0.305. The molecule has 1 heterocycles. The molecular weight excluding hydrogens is 252 g/mol. The number of phenols is 1. The van der Waals surface area contributed by atoms with Gasteiger partial charge in [-0.2, -0.15) is 0 Å². The molecule has 1 nitrogen and oxygen atoms in total. The van der Waals surface area contributed by atoms with Crippen molar-refractivity contribution in [2.45, 2.75) is 6.92 Å². The Kier molecular flexibility index (Phi) is 3.10. The van der Waals surface area contributed by atoms with Crippen molar-refractivity contribution in [2.75, 3.05) is 0 Å². The van der Waals surface area contributed by atoms with Crippen molar-refractivity contribution in [2.24, 2.45) is 0 Å². The maximum Gasteiger partial charge on any atom is 0.115 e.